The van der Waals surface area contributed by atoms with Crippen LogP contribution in [0.2, 0.25) is 5.02 Å². The van der Waals surface area contributed by atoms with Crippen molar-refractivity contribution in [3.63, 3.8) is 0 Å². The maximum atomic E-state index is 9.93. The molecule has 0 aliphatic carbocycles. The largest absolute Gasteiger partial charge is 0.387 e. The standard InChI is InChI=1S/C12H12ClN3O/c13-10-3-1-9(2-4-10)12(17)7-16-11-5-14-8-15-6-11/h1-6,8,12,16-17H,7H2. The van der Waals surface area contributed by atoms with E-state index in [1.54, 1.807) is 36.7 Å². The zero-order valence-corrected chi connectivity index (χ0v) is 9.80. The molecule has 2 rings (SSSR count). The van der Waals surface area contributed by atoms with Gasteiger partial charge in [-0.1, -0.05) is 23.7 Å². The van der Waals surface area contributed by atoms with Crippen LogP contribution in [0.1, 0.15) is 11.7 Å². The Hall–Kier alpha value is -1.65. The van der Waals surface area contributed by atoms with Crippen LogP contribution in [0.4, 0.5) is 5.69 Å². The number of benzene rings is 1. The lowest BCUT2D eigenvalue weighted by Gasteiger charge is -2.12. The molecule has 1 unspecified atom stereocenters. The minimum Gasteiger partial charge on any atom is -0.387 e. The van der Waals surface area contributed by atoms with E-state index in [4.69, 9.17) is 11.6 Å². The fraction of sp³-hybridized carbons (Fsp3) is 0.167. The molecule has 88 valence electrons. The van der Waals surface area contributed by atoms with Gasteiger partial charge in [-0.2, -0.15) is 0 Å². The molecule has 0 amide bonds. The predicted molar refractivity (Wildman–Crippen MR) is 66.9 cm³/mol. The lowest BCUT2D eigenvalue weighted by atomic mass is 10.1. The van der Waals surface area contributed by atoms with Crippen molar-refractivity contribution in [2.45, 2.75) is 6.10 Å². The molecule has 0 aliphatic heterocycles. The Labute approximate surface area is 104 Å². The van der Waals surface area contributed by atoms with Crippen molar-refractivity contribution >= 4 is 17.3 Å². The van der Waals surface area contributed by atoms with E-state index >= 15 is 0 Å². The normalized spacial score (nSPS) is 12.1. The molecule has 0 radical (unpaired) electrons. The van der Waals surface area contributed by atoms with Crippen LogP contribution in [0.15, 0.2) is 43.0 Å². The molecular formula is C12H12ClN3O. The quantitative estimate of drug-likeness (QED) is 0.873. The Balaban J connectivity index is 1.93. The molecule has 0 bridgehead atoms. The zero-order chi connectivity index (χ0) is 12.1. The van der Waals surface area contributed by atoms with Gasteiger partial charge in [0.2, 0.25) is 0 Å². The van der Waals surface area contributed by atoms with Crippen molar-refractivity contribution < 1.29 is 5.11 Å². The molecule has 1 heterocycles. The number of hydrogen-bond acceptors (Lipinski definition) is 4. The van der Waals surface area contributed by atoms with E-state index in [1.807, 2.05) is 0 Å². The van der Waals surface area contributed by atoms with Gasteiger partial charge in [-0.25, -0.2) is 9.97 Å². The summed E-state index contributed by atoms with van der Waals surface area (Å²) in [6, 6.07) is 7.11. The molecule has 0 saturated carbocycles. The van der Waals surface area contributed by atoms with Crippen LogP contribution < -0.4 is 5.32 Å². The summed E-state index contributed by atoms with van der Waals surface area (Å²) in [6.45, 7) is 0.398. The van der Waals surface area contributed by atoms with Gasteiger partial charge in [0.1, 0.15) is 6.33 Å². The number of hydrogen-bond donors (Lipinski definition) is 2. The van der Waals surface area contributed by atoms with Crippen LogP contribution in [0.25, 0.3) is 0 Å². The Morgan fingerprint density at radius 2 is 1.82 bits per heavy atom. The van der Waals surface area contributed by atoms with E-state index in [0.717, 1.165) is 11.3 Å². The number of nitrogens with one attached hydrogen (secondary N) is 1. The molecule has 17 heavy (non-hydrogen) atoms. The highest BCUT2D eigenvalue weighted by atomic mass is 35.5. The predicted octanol–water partition coefficient (Wildman–Crippen LogP) is 2.28. The van der Waals surface area contributed by atoms with E-state index < -0.39 is 6.10 Å². The van der Waals surface area contributed by atoms with Gasteiger partial charge in [-0.3, -0.25) is 0 Å². The van der Waals surface area contributed by atoms with Crippen molar-refractivity contribution in [2.24, 2.45) is 0 Å². The van der Waals surface area contributed by atoms with Crippen molar-refractivity contribution in [1.82, 2.24) is 9.97 Å². The first-order chi connectivity index (χ1) is 8.25. The summed E-state index contributed by atoms with van der Waals surface area (Å²) < 4.78 is 0. The lowest BCUT2D eigenvalue weighted by Crippen LogP contribution is -2.12. The van der Waals surface area contributed by atoms with Gasteiger partial charge in [0.15, 0.2) is 0 Å². The molecule has 0 fully saturated rings. The van der Waals surface area contributed by atoms with Gasteiger partial charge >= 0.3 is 0 Å². The molecule has 1 aromatic heterocycles. The van der Waals surface area contributed by atoms with Crippen molar-refractivity contribution in [2.75, 3.05) is 11.9 Å². The average Bonchev–Trinajstić information content (AvgIpc) is 2.38. The molecule has 0 aliphatic rings. The average molecular weight is 250 g/mol. The molecule has 1 aromatic carbocycles. The maximum absolute atomic E-state index is 9.93. The number of halogens is 1. The third-order valence-electron chi connectivity index (χ3n) is 2.31. The number of aliphatic hydroxyl groups is 1. The SMILES string of the molecule is OC(CNc1cncnc1)c1ccc(Cl)cc1. The summed E-state index contributed by atoms with van der Waals surface area (Å²) in [6.07, 6.45) is 4.18. The Bertz CT molecular complexity index is 461. The van der Waals surface area contributed by atoms with E-state index in [9.17, 15) is 5.11 Å². The van der Waals surface area contributed by atoms with E-state index in [2.05, 4.69) is 15.3 Å². The smallest absolute Gasteiger partial charge is 0.115 e. The zero-order valence-electron chi connectivity index (χ0n) is 9.05. The number of anilines is 1. The topological polar surface area (TPSA) is 58.0 Å². The fourth-order valence-electron chi connectivity index (χ4n) is 1.41. The summed E-state index contributed by atoms with van der Waals surface area (Å²) in [5, 5.41) is 13.6. The summed E-state index contributed by atoms with van der Waals surface area (Å²) >= 11 is 5.78. The minimum absolute atomic E-state index is 0.398. The van der Waals surface area contributed by atoms with Gasteiger partial charge in [-0.15, -0.1) is 0 Å². The van der Waals surface area contributed by atoms with Crippen molar-refractivity contribution in [3.05, 3.63) is 53.6 Å². The third kappa shape index (κ3) is 3.41. The van der Waals surface area contributed by atoms with Gasteiger partial charge in [0, 0.05) is 11.6 Å². The van der Waals surface area contributed by atoms with Crippen molar-refractivity contribution in [3.8, 4) is 0 Å². The molecule has 0 saturated heterocycles. The van der Waals surface area contributed by atoms with Gasteiger partial charge in [0.05, 0.1) is 24.2 Å². The maximum Gasteiger partial charge on any atom is 0.115 e. The number of aromatic nitrogens is 2. The number of nitrogens with zero attached hydrogens (tertiary/aromatic N) is 2. The second kappa shape index (κ2) is 5.61. The molecule has 2 N–H and O–H groups in total. The molecule has 5 heteroatoms. The fourth-order valence-corrected chi connectivity index (χ4v) is 1.53. The Morgan fingerprint density at radius 1 is 1.18 bits per heavy atom. The highest BCUT2D eigenvalue weighted by molar-refractivity contribution is 6.30. The highest BCUT2D eigenvalue weighted by Crippen LogP contribution is 2.16. The van der Waals surface area contributed by atoms with Crippen LogP contribution >= 0.6 is 11.6 Å². The Morgan fingerprint density at radius 3 is 2.47 bits per heavy atom. The molecule has 4 nitrogen and oxygen atoms in total. The summed E-state index contributed by atoms with van der Waals surface area (Å²) in [7, 11) is 0. The van der Waals surface area contributed by atoms with E-state index in [-0.39, 0.29) is 0 Å². The molecular weight excluding hydrogens is 238 g/mol. The van der Waals surface area contributed by atoms with Gasteiger partial charge in [0.25, 0.3) is 0 Å². The first-order valence-electron chi connectivity index (χ1n) is 5.18. The first-order valence-corrected chi connectivity index (χ1v) is 5.56. The van der Waals surface area contributed by atoms with Gasteiger partial charge in [-0.05, 0) is 17.7 Å². The minimum atomic E-state index is -0.590. The molecule has 2 aromatic rings. The van der Waals surface area contributed by atoms with Crippen LogP contribution in [0, 0.1) is 0 Å². The lowest BCUT2D eigenvalue weighted by molar-refractivity contribution is 0.191. The van der Waals surface area contributed by atoms with E-state index in [0.29, 0.717) is 11.6 Å². The second-order valence-corrected chi connectivity index (χ2v) is 4.01. The first kappa shape index (κ1) is 11.8. The van der Waals surface area contributed by atoms with Crippen molar-refractivity contribution in [1.29, 1.82) is 0 Å². The van der Waals surface area contributed by atoms with Crippen LogP contribution in [-0.4, -0.2) is 21.6 Å². The van der Waals surface area contributed by atoms with Crippen LogP contribution in [0.5, 0.6) is 0 Å². The van der Waals surface area contributed by atoms with Crippen LogP contribution in [0.3, 0.4) is 0 Å². The summed E-state index contributed by atoms with van der Waals surface area (Å²) in [4.78, 5) is 7.75. The number of aliphatic hydroxyl groups excluding tert-OH is 1. The van der Waals surface area contributed by atoms with Gasteiger partial charge < -0.3 is 10.4 Å². The summed E-state index contributed by atoms with van der Waals surface area (Å²) in [5.74, 6) is 0. The van der Waals surface area contributed by atoms with E-state index in [1.165, 1.54) is 6.33 Å². The third-order valence-corrected chi connectivity index (χ3v) is 2.57. The van der Waals surface area contributed by atoms with Crippen LogP contribution in [-0.2, 0) is 0 Å². The highest BCUT2D eigenvalue weighted by Gasteiger charge is 2.06. The molecule has 1 atom stereocenters. The summed E-state index contributed by atoms with van der Waals surface area (Å²) in [5.41, 5.74) is 1.60. The second-order valence-electron chi connectivity index (χ2n) is 3.58. The number of rotatable bonds is 4. The molecule has 0 spiro atoms. The monoisotopic (exact) mass is 249 g/mol. The Kier molecular flexibility index (Phi) is 3.90.